The Morgan fingerprint density at radius 1 is 0.706 bits per heavy atom. The number of halogens is 2. The van der Waals surface area contributed by atoms with Gasteiger partial charge in [-0.2, -0.15) is 0 Å². The maximum Gasteiger partial charge on any atom is -1.00 e. The number of allylic oxidation sites excluding steroid dienone is 4. The van der Waals surface area contributed by atoms with Crippen molar-refractivity contribution < 1.29 is 46.1 Å². The summed E-state index contributed by atoms with van der Waals surface area (Å²) >= 11 is -2.11. The molecule has 2 aromatic carbocycles. The maximum atomic E-state index is 2.56. The third kappa shape index (κ3) is 5.19. The van der Waals surface area contributed by atoms with E-state index in [1.54, 1.807) is 11.1 Å². The molecule has 0 spiro atoms. The molecule has 2 fully saturated rings. The number of benzene rings is 2. The van der Waals surface area contributed by atoms with E-state index in [-0.39, 0.29) is 24.8 Å². The smallest absolute Gasteiger partial charge is 1.00 e. The fraction of sp³-hybridized carbons (Fsp3) is 0.452. The van der Waals surface area contributed by atoms with E-state index < -0.39 is 21.3 Å². The summed E-state index contributed by atoms with van der Waals surface area (Å²) in [7, 11) is 0. The molecule has 0 unspecified atom stereocenters. The Morgan fingerprint density at radius 2 is 1.21 bits per heavy atom. The predicted octanol–water partition coefficient (Wildman–Crippen LogP) is 2.56. The van der Waals surface area contributed by atoms with E-state index in [1.807, 2.05) is 3.28 Å². The van der Waals surface area contributed by atoms with Crippen molar-refractivity contribution in [2.45, 2.75) is 74.3 Å². The molecule has 4 aliphatic rings. The topological polar surface area (TPSA) is 0 Å². The molecule has 0 saturated heterocycles. The van der Waals surface area contributed by atoms with Crippen molar-refractivity contribution in [3.05, 3.63) is 81.2 Å². The van der Waals surface area contributed by atoms with Gasteiger partial charge in [0, 0.05) is 0 Å². The van der Waals surface area contributed by atoms with Crippen molar-refractivity contribution in [2.75, 3.05) is 0 Å². The quantitative estimate of drug-likeness (QED) is 0.501. The molecule has 0 bridgehead atoms. The van der Waals surface area contributed by atoms with E-state index in [4.69, 9.17) is 0 Å². The molecule has 0 amide bonds. The first kappa shape index (κ1) is 26.3. The van der Waals surface area contributed by atoms with Gasteiger partial charge < -0.3 is 24.8 Å². The molecule has 0 heterocycles. The number of hydrogen-bond acceptors (Lipinski definition) is 0. The van der Waals surface area contributed by atoms with Crippen LogP contribution in [-0.2, 0) is 21.3 Å². The number of hydrogen-bond donors (Lipinski definition) is 0. The summed E-state index contributed by atoms with van der Waals surface area (Å²) in [4.78, 5) is 0. The van der Waals surface area contributed by atoms with Crippen LogP contribution in [0.4, 0.5) is 0 Å². The molecular weight excluding hydrogens is 534 g/mol. The van der Waals surface area contributed by atoms with Gasteiger partial charge in [0.25, 0.3) is 0 Å². The molecular formula is C31H36Cl2Zr. The van der Waals surface area contributed by atoms with Crippen LogP contribution in [0.25, 0.3) is 11.1 Å². The van der Waals surface area contributed by atoms with Crippen molar-refractivity contribution in [3.8, 4) is 11.1 Å². The Kier molecular flexibility index (Phi) is 9.28. The van der Waals surface area contributed by atoms with Gasteiger partial charge in [-0.25, -0.2) is 0 Å². The molecule has 0 atom stereocenters. The monoisotopic (exact) mass is 568 g/mol. The zero-order valence-corrected chi connectivity index (χ0v) is 24.1. The Bertz CT molecular complexity index is 1020. The Morgan fingerprint density at radius 3 is 1.68 bits per heavy atom. The van der Waals surface area contributed by atoms with Crippen molar-refractivity contribution in [3.63, 3.8) is 0 Å². The van der Waals surface area contributed by atoms with Gasteiger partial charge in [0.2, 0.25) is 0 Å². The van der Waals surface area contributed by atoms with Gasteiger partial charge in [-0.1, -0.05) is 0 Å². The van der Waals surface area contributed by atoms with Gasteiger partial charge in [0.1, 0.15) is 0 Å². The minimum Gasteiger partial charge on any atom is -1.00 e. The van der Waals surface area contributed by atoms with Crippen LogP contribution in [-0.4, -0.2) is 3.21 Å². The van der Waals surface area contributed by atoms with Crippen LogP contribution in [0.3, 0.4) is 0 Å². The summed E-state index contributed by atoms with van der Waals surface area (Å²) in [6, 6.07) is 18.8. The summed E-state index contributed by atoms with van der Waals surface area (Å²) in [6.07, 6.45) is 23.3. The third-order valence-corrected chi connectivity index (χ3v) is 17.1. The summed E-state index contributed by atoms with van der Waals surface area (Å²) in [5.74, 6) is 1.95. The van der Waals surface area contributed by atoms with Crippen LogP contribution in [0.1, 0.15) is 85.4 Å². The maximum absolute atomic E-state index is 2.56. The van der Waals surface area contributed by atoms with E-state index in [0.717, 1.165) is 11.8 Å². The molecule has 2 aromatic rings. The minimum atomic E-state index is -2.11. The van der Waals surface area contributed by atoms with Crippen LogP contribution < -0.4 is 24.8 Å². The summed E-state index contributed by atoms with van der Waals surface area (Å²) in [5.41, 5.74) is 6.37. The van der Waals surface area contributed by atoms with Crippen molar-refractivity contribution >= 4 is 3.21 Å². The Balaban J connectivity index is 0.00000137. The molecule has 6 rings (SSSR count). The summed E-state index contributed by atoms with van der Waals surface area (Å²) < 4.78 is 4.65. The minimum absolute atomic E-state index is 0. The molecule has 0 nitrogen and oxygen atoms in total. The number of rotatable bonds is 6. The first-order chi connectivity index (χ1) is 15.9. The van der Waals surface area contributed by atoms with Crippen molar-refractivity contribution in [2.24, 2.45) is 11.8 Å². The van der Waals surface area contributed by atoms with Crippen molar-refractivity contribution in [1.82, 2.24) is 0 Å². The van der Waals surface area contributed by atoms with Gasteiger partial charge >= 0.3 is 203 Å². The first-order valence-corrected chi connectivity index (χ1v) is 17.0. The van der Waals surface area contributed by atoms with Crippen LogP contribution in [0.2, 0.25) is 0 Å². The van der Waals surface area contributed by atoms with E-state index >= 15 is 0 Å². The van der Waals surface area contributed by atoms with Crippen molar-refractivity contribution in [1.29, 1.82) is 0 Å². The van der Waals surface area contributed by atoms with Gasteiger partial charge in [0.05, 0.1) is 0 Å². The van der Waals surface area contributed by atoms with E-state index in [9.17, 15) is 0 Å². The fourth-order valence-electron chi connectivity index (χ4n) is 7.16. The zero-order valence-electron chi connectivity index (χ0n) is 20.1. The molecule has 3 heteroatoms. The predicted molar refractivity (Wildman–Crippen MR) is 134 cm³/mol. The zero-order chi connectivity index (χ0) is 21.3. The molecule has 178 valence electrons. The molecule has 34 heavy (non-hydrogen) atoms. The van der Waals surface area contributed by atoms with Crippen LogP contribution in [0.5, 0.6) is 0 Å². The standard InChI is InChI=1S/C13H9.C13H22.C5H5.2ClH.Zr/c1-3-7-12-10(5-1)9-11-6-2-4-8-13(11)12;1-2-7-12(6-1)10-5-11-13-8-3-4-9-13;1-2-4-5-3-1;;;/h1-9H;12-13H,1-4,6-11H2;1-3H,4H2;2*1H;/q;;;;;+2/p-2. The van der Waals surface area contributed by atoms with E-state index in [2.05, 4.69) is 70.0 Å². The molecule has 0 radical (unpaired) electrons. The molecule has 0 aromatic heterocycles. The van der Waals surface area contributed by atoms with Gasteiger partial charge in [-0.05, 0) is 0 Å². The van der Waals surface area contributed by atoms with Crippen LogP contribution >= 0.6 is 0 Å². The molecule has 0 aliphatic heterocycles. The van der Waals surface area contributed by atoms with E-state index in [1.165, 1.54) is 81.8 Å². The van der Waals surface area contributed by atoms with E-state index in [0.29, 0.717) is 3.63 Å². The second kappa shape index (κ2) is 12.0. The second-order valence-electron chi connectivity index (χ2n) is 10.7. The second-order valence-corrected chi connectivity index (χ2v) is 17.4. The fourth-order valence-corrected chi connectivity index (χ4v) is 17.0. The normalized spacial score (nSPS) is 19.1. The summed E-state index contributed by atoms with van der Waals surface area (Å²) in [6.45, 7) is 0. The molecule has 0 N–H and O–H groups in total. The van der Waals surface area contributed by atoms with Gasteiger partial charge in [0.15, 0.2) is 0 Å². The van der Waals surface area contributed by atoms with Crippen LogP contribution in [0, 0.1) is 11.8 Å². The van der Waals surface area contributed by atoms with Gasteiger partial charge in [-0.3, -0.25) is 0 Å². The SMILES string of the molecule is C1=CC[C]([Zr+2](=[C](CC2CCCC2)CC2CCCC2)[CH]2c3ccccc3-c3ccccc32)=C1.[Cl-].[Cl-]. The number of fused-ring (bicyclic) bond motifs is 3. The average Bonchev–Trinajstić information content (AvgIpc) is 3.63. The average molecular weight is 571 g/mol. The summed E-state index contributed by atoms with van der Waals surface area (Å²) in [5, 5.41) is 0. The third-order valence-electron chi connectivity index (χ3n) is 8.64. The Labute approximate surface area is 226 Å². The van der Waals surface area contributed by atoms with Gasteiger partial charge in [-0.15, -0.1) is 0 Å². The molecule has 2 saturated carbocycles. The molecule has 4 aliphatic carbocycles. The largest absolute Gasteiger partial charge is 1.00 e. The first-order valence-electron chi connectivity index (χ1n) is 13.1. The Hall–Kier alpha value is -0.747. The van der Waals surface area contributed by atoms with Crippen LogP contribution in [0.15, 0.2) is 70.0 Å².